The molecule has 0 radical (unpaired) electrons. The first-order chi connectivity index (χ1) is 12.2. The highest BCUT2D eigenvalue weighted by Crippen LogP contribution is 2.29. The van der Waals surface area contributed by atoms with Crippen LogP contribution in [-0.4, -0.2) is 50.8 Å². The van der Waals surface area contributed by atoms with E-state index in [1.165, 1.54) is 12.8 Å². The van der Waals surface area contributed by atoms with E-state index in [1.807, 2.05) is 20.8 Å². The highest BCUT2D eigenvalue weighted by molar-refractivity contribution is 5.83. The second kappa shape index (κ2) is 14.6. The van der Waals surface area contributed by atoms with Gasteiger partial charge in [-0.2, -0.15) is 0 Å². The van der Waals surface area contributed by atoms with Crippen LogP contribution in [-0.2, 0) is 14.3 Å². The largest absolute Gasteiger partial charge is 0.379 e. The van der Waals surface area contributed by atoms with Crippen molar-refractivity contribution in [2.75, 3.05) is 39.5 Å². The molecular formula is C21H44N2O3. The van der Waals surface area contributed by atoms with Crippen LogP contribution in [0.5, 0.6) is 0 Å². The Hall–Kier alpha value is -0.490. The van der Waals surface area contributed by atoms with Crippen LogP contribution in [0.3, 0.4) is 0 Å². The van der Waals surface area contributed by atoms with Crippen molar-refractivity contribution >= 4 is 5.78 Å². The average Bonchev–Trinajstić information content (AvgIpc) is 2.57. The van der Waals surface area contributed by atoms with Crippen molar-refractivity contribution in [3.05, 3.63) is 0 Å². The fraction of sp³-hybridized carbons (Fsp3) is 0.952. The Morgan fingerprint density at radius 3 is 2.04 bits per heavy atom. The predicted molar refractivity (Wildman–Crippen MR) is 110 cm³/mol. The van der Waals surface area contributed by atoms with Gasteiger partial charge in [0.1, 0.15) is 5.78 Å². The quantitative estimate of drug-likeness (QED) is 0.359. The molecule has 0 saturated carbocycles. The molecule has 5 nitrogen and oxygen atoms in total. The first-order valence-electron chi connectivity index (χ1n) is 10.4. The van der Waals surface area contributed by atoms with Crippen molar-refractivity contribution in [2.45, 2.75) is 85.1 Å². The number of rotatable bonds is 18. The minimum atomic E-state index is -0.274. The lowest BCUT2D eigenvalue weighted by atomic mass is 9.76. The van der Waals surface area contributed by atoms with Gasteiger partial charge in [0.15, 0.2) is 0 Å². The molecule has 3 N–H and O–H groups in total. The highest BCUT2D eigenvalue weighted by Gasteiger charge is 2.32. The SMILES string of the molecule is CCC(=O)C(C)(C)CC(C)(C)NCCCOCCOCCCCCCN. The molecule has 0 atom stereocenters. The summed E-state index contributed by atoms with van der Waals surface area (Å²) < 4.78 is 11.2. The topological polar surface area (TPSA) is 73.6 Å². The van der Waals surface area contributed by atoms with Crippen molar-refractivity contribution in [3.63, 3.8) is 0 Å². The van der Waals surface area contributed by atoms with Gasteiger partial charge in [-0.25, -0.2) is 0 Å². The molecule has 0 aromatic rings. The van der Waals surface area contributed by atoms with Crippen molar-refractivity contribution in [3.8, 4) is 0 Å². The van der Waals surface area contributed by atoms with Crippen LogP contribution in [0, 0.1) is 5.41 Å². The van der Waals surface area contributed by atoms with Crippen molar-refractivity contribution < 1.29 is 14.3 Å². The predicted octanol–water partition coefficient (Wildman–Crippen LogP) is 3.69. The van der Waals surface area contributed by atoms with Crippen LogP contribution in [0.4, 0.5) is 0 Å². The zero-order chi connectivity index (χ0) is 19.9. The van der Waals surface area contributed by atoms with Gasteiger partial charge in [0.2, 0.25) is 0 Å². The van der Waals surface area contributed by atoms with Gasteiger partial charge in [-0.3, -0.25) is 4.79 Å². The van der Waals surface area contributed by atoms with Gasteiger partial charge in [-0.15, -0.1) is 0 Å². The molecule has 156 valence electrons. The third kappa shape index (κ3) is 13.7. The number of carbonyl (C=O) groups is 1. The fourth-order valence-corrected chi connectivity index (χ4v) is 3.37. The zero-order valence-electron chi connectivity index (χ0n) is 18.0. The maximum Gasteiger partial charge on any atom is 0.138 e. The summed E-state index contributed by atoms with van der Waals surface area (Å²) >= 11 is 0. The summed E-state index contributed by atoms with van der Waals surface area (Å²) in [5.41, 5.74) is 5.13. The molecule has 26 heavy (non-hydrogen) atoms. The Morgan fingerprint density at radius 1 is 0.885 bits per heavy atom. The van der Waals surface area contributed by atoms with E-state index < -0.39 is 0 Å². The van der Waals surface area contributed by atoms with E-state index >= 15 is 0 Å². The minimum absolute atomic E-state index is 0.0542. The molecule has 0 rings (SSSR count). The fourth-order valence-electron chi connectivity index (χ4n) is 3.37. The van der Waals surface area contributed by atoms with Crippen LogP contribution in [0.2, 0.25) is 0 Å². The summed E-state index contributed by atoms with van der Waals surface area (Å²) in [7, 11) is 0. The summed E-state index contributed by atoms with van der Waals surface area (Å²) in [6.07, 6.45) is 7.02. The van der Waals surface area contributed by atoms with Crippen LogP contribution in [0.15, 0.2) is 0 Å². The first-order valence-corrected chi connectivity index (χ1v) is 10.4. The molecule has 0 aliphatic rings. The van der Waals surface area contributed by atoms with Gasteiger partial charge < -0.3 is 20.5 Å². The number of ketones is 1. The molecule has 0 aromatic carbocycles. The summed E-state index contributed by atoms with van der Waals surface area (Å²) in [5.74, 6) is 0.329. The van der Waals surface area contributed by atoms with E-state index in [-0.39, 0.29) is 11.0 Å². The molecule has 0 heterocycles. The molecule has 0 spiro atoms. The molecule has 0 aliphatic heterocycles. The molecule has 0 unspecified atom stereocenters. The highest BCUT2D eigenvalue weighted by atomic mass is 16.5. The molecule has 0 saturated heterocycles. The number of carbonyl (C=O) groups excluding carboxylic acids is 1. The van der Waals surface area contributed by atoms with Gasteiger partial charge in [0.05, 0.1) is 13.2 Å². The van der Waals surface area contributed by atoms with Crippen molar-refractivity contribution in [2.24, 2.45) is 11.1 Å². The Labute approximate surface area is 161 Å². The number of Topliss-reactive ketones (excluding diaryl/α,β-unsaturated/α-hetero) is 1. The van der Waals surface area contributed by atoms with Crippen LogP contribution >= 0.6 is 0 Å². The summed E-state index contributed by atoms with van der Waals surface area (Å²) in [4.78, 5) is 12.0. The number of ether oxygens (including phenoxy) is 2. The van der Waals surface area contributed by atoms with Gasteiger partial charge in [0.25, 0.3) is 0 Å². The Kier molecular flexibility index (Phi) is 14.3. The van der Waals surface area contributed by atoms with E-state index in [4.69, 9.17) is 15.2 Å². The summed E-state index contributed by atoms with van der Waals surface area (Å²) in [5, 5.41) is 3.56. The molecular weight excluding hydrogens is 328 g/mol. The van der Waals surface area contributed by atoms with E-state index in [0.29, 0.717) is 25.4 Å². The maximum absolute atomic E-state index is 12.0. The molecule has 0 fully saturated rings. The average molecular weight is 373 g/mol. The number of nitrogens with two attached hydrogens (primary N) is 1. The van der Waals surface area contributed by atoms with Gasteiger partial charge >= 0.3 is 0 Å². The third-order valence-corrected chi connectivity index (χ3v) is 4.64. The lowest BCUT2D eigenvalue weighted by Crippen LogP contribution is -2.45. The number of nitrogens with one attached hydrogen (secondary N) is 1. The van der Waals surface area contributed by atoms with Gasteiger partial charge in [-0.1, -0.05) is 33.6 Å². The molecule has 0 aliphatic carbocycles. The van der Waals surface area contributed by atoms with Crippen LogP contribution in [0.1, 0.15) is 79.6 Å². The Morgan fingerprint density at radius 2 is 1.46 bits per heavy atom. The summed E-state index contributed by atoms with van der Waals surface area (Å²) in [6, 6.07) is 0. The third-order valence-electron chi connectivity index (χ3n) is 4.64. The Balaban J connectivity index is 3.58. The molecule has 0 aromatic heterocycles. The number of hydrogen-bond donors (Lipinski definition) is 2. The van der Waals surface area contributed by atoms with E-state index in [1.54, 1.807) is 0 Å². The molecule has 5 heteroatoms. The lowest BCUT2D eigenvalue weighted by Gasteiger charge is -2.35. The van der Waals surface area contributed by atoms with Gasteiger partial charge in [-0.05, 0) is 52.6 Å². The second-order valence-electron chi connectivity index (χ2n) is 8.43. The Bertz CT molecular complexity index is 357. The lowest BCUT2D eigenvalue weighted by molar-refractivity contribution is -0.127. The van der Waals surface area contributed by atoms with Gasteiger partial charge in [0, 0.05) is 30.6 Å². The smallest absolute Gasteiger partial charge is 0.138 e. The summed E-state index contributed by atoms with van der Waals surface area (Å²) in [6.45, 7) is 14.9. The van der Waals surface area contributed by atoms with Crippen LogP contribution in [0.25, 0.3) is 0 Å². The van der Waals surface area contributed by atoms with E-state index in [2.05, 4.69) is 19.2 Å². The molecule has 0 bridgehead atoms. The first kappa shape index (κ1) is 25.5. The van der Waals surface area contributed by atoms with Crippen LogP contribution < -0.4 is 11.1 Å². The zero-order valence-corrected chi connectivity index (χ0v) is 18.0. The molecule has 0 amide bonds. The monoisotopic (exact) mass is 372 g/mol. The number of unbranched alkanes of at least 4 members (excludes halogenated alkanes) is 3. The minimum Gasteiger partial charge on any atom is -0.379 e. The number of hydrogen-bond acceptors (Lipinski definition) is 5. The second-order valence-corrected chi connectivity index (χ2v) is 8.43. The normalized spacial score (nSPS) is 12.5. The van der Waals surface area contributed by atoms with Crippen molar-refractivity contribution in [1.82, 2.24) is 5.32 Å². The van der Waals surface area contributed by atoms with E-state index in [9.17, 15) is 4.79 Å². The standard InChI is InChI=1S/C21H44N2O3/c1-6-19(24)20(2,3)18-21(4,5)23-13-11-15-26-17-16-25-14-10-8-7-9-12-22/h23H,6-18,22H2,1-5H3. The maximum atomic E-state index is 12.0. The van der Waals surface area contributed by atoms with E-state index in [0.717, 1.165) is 52.0 Å². The van der Waals surface area contributed by atoms with Crippen molar-refractivity contribution in [1.29, 1.82) is 0 Å².